The lowest BCUT2D eigenvalue weighted by atomic mass is 10.1. The van der Waals surface area contributed by atoms with E-state index in [4.69, 9.17) is 4.98 Å². The summed E-state index contributed by atoms with van der Waals surface area (Å²) in [7, 11) is 1.79. The molecule has 2 aliphatic heterocycles. The number of hydrogen-bond donors (Lipinski definition) is 0. The molecule has 0 radical (unpaired) electrons. The van der Waals surface area contributed by atoms with Crippen molar-refractivity contribution >= 4 is 36.6 Å². The van der Waals surface area contributed by atoms with Gasteiger partial charge in [-0.25, -0.2) is 9.97 Å². The summed E-state index contributed by atoms with van der Waals surface area (Å²) in [6, 6.07) is 6.47. The third kappa shape index (κ3) is 4.40. The number of hydrogen-bond acceptors (Lipinski definition) is 7. The van der Waals surface area contributed by atoms with Crippen molar-refractivity contribution in [2.75, 3.05) is 23.4 Å². The highest BCUT2D eigenvalue weighted by Gasteiger charge is 2.40. The van der Waals surface area contributed by atoms with Gasteiger partial charge in [-0.15, -0.1) is 0 Å². The molecule has 33 heavy (non-hydrogen) atoms. The van der Waals surface area contributed by atoms with E-state index in [0.29, 0.717) is 13.0 Å². The summed E-state index contributed by atoms with van der Waals surface area (Å²) in [5.74, 6) is 1.70. The number of nitro groups is 1. The fraction of sp³-hybridized carbons (Fsp3) is 0.364. The topological polar surface area (TPSA) is 110 Å². The van der Waals surface area contributed by atoms with Gasteiger partial charge in [0.15, 0.2) is 5.82 Å². The van der Waals surface area contributed by atoms with Gasteiger partial charge in [0.2, 0.25) is 5.91 Å². The molecule has 0 unspecified atom stereocenters. The van der Waals surface area contributed by atoms with E-state index < -0.39 is 4.92 Å². The van der Waals surface area contributed by atoms with Crippen molar-refractivity contribution in [2.24, 2.45) is 0 Å². The predicted molar refractivity (Wildman–Crippen MR) is 128 cm³/mol. The van der Waals surface area contributed by atoms with Gasteiger partial charge in [-0.2, -0.15) is 18.6 Å². The molecule has 11 heteroatoms. The van der Waals surface area contributed by atoms with Crippen molar-refractivity contribution < 1.29 is 9.72 Å². The van der Waals surface area contributed by atoms with Crippen LogP contribution in [0.3, 0.4) is 0 Å². The molecule has 1 amide bonds. The van der Waals surface area contributed by atoms with Gasteiger partial charge in [-0.05, 0) is 30.4 Å². The second kappa shape index (κ2) is 9.18. The van der Waals surface area contributed by atoms with E-state index in [1.54, 1.807) is 41.2 Å². The van der Waals surface area contributed by atoms with Crippen LogP contribution in [0.25, 0.3) is 0 Å². The number of carbonyl (C=O) groups excluding carboxylic acids is 1. The molecule has 10 nitrogen and oxygen atoms in total. The molecule has 1 saturated heterocycles. The third-order valence-corrected chi connectivity index (χ3v) is 6.09. The number of carbonyl (C=O) groups is 1. The summed E-state index contributed by atoms with van der Waals surface area (Å²) in [4.78, 5) is 36.2. The molecule has 4 heterocycles. The van der Waals surface area contributed by atoms with E-state index in [2.05, 4.69) is 15.0 Å². The van der Waals surface area contributed by atoms with E-state index in [-0.39, 0.29) is 31.1 Å². The number of aryl methyl sites for hydroxylation is 2. The number of benzene rings is 1. The Morgan fingerprint density at radius 3 is 2.88 bits per heavy atom. The number of non-ortho nitro benzene ring substituents is 1. The summed E-state index contributed by atoms with van der Waals surface area (Å²) >= 11 is 0. The van der Waals surface area contributed by atoms with Crippen LogP contribution in [0.1, 0.15) is 29.8 Å². The Kier molecular flexibility index (Phi) is 6.32. The van der Waals surface area contributed by atoms with Crippen molar-refractivity contribution in [2.45, 2.75) is 38.3 Å². The maximum Gasteiger partial charge on any atom is 0.269 e. The van der Waals surface area contributed by atoms with Gasteiger partial charge in [-0.3, -0.25) is 19.6 Å². The molecule has 172 valence electrons. The maximum absolute atomic E-state index is 12.5. The van der Waals surface area contributed by atoms with Crippen molar-refractivity contribution in [3.8, 4) is 0 Å². The van der Waals surface area contributed by atoms with Crippen molar-refractivity contribution in [3.63, 3.8) is 0 Å². The highest BCUT2D eigenvalue weighted by Crippen LogP contribution is 2.37. The molecular weight excluding hydrogens is 442 g/mol. The van der Waals surface area contributed by atoms with Gasteiger partial charge in [0, 0.05) is 38.3 Å². The SMILES string of the molecule is CN1C(=O)[C@@H]2CCCN2c2nc(CCc3cnn(Cc4cccc([N+](=O)[O-])c4)c3)ncc21.S. The Hall–Kier alpha value is -3.47. The van der Waals surface area contributed by atoms with Crippen LogP contribution in [-0.2, 0) is 24.2 Å². The van der Waals surface area contributed by atoms with Crippen molar-refractivity contribution in [1.82, 2.24) is 19.7 Å². The minimum Gasteiger partial charge on any atom is -0.343 e. The zero-order valence-electron chi connectivity index (χ0n) is 18.2. The van der Waals surface area contributed by atoms with Crippen LogP contribution in [0.2, 0.25) is 0 Å². The summed E-state index contributed by atoms with van der Waals surface area (Å²) in [6.45, 7) is 1.31. The number of rotatable bonds is 6. The third-order valence-electron chi connectivity index (χ3n) is 6.09. The van der Waals surface area contributed by atoms with Crippen molar-refractivity contribution in [3.05, 3.63) is 69.9 Å². The van der Waals surface area contributed by atoms with Crippen LogP contribution < -0.4 is 9.80 Å². The molecule has 1 fully saturated rings. The molecule has 0 saturated carbocycles. The van der Waals surface area contributed by atoms with E-state index >= 15 is 0 Å². The predicted octanol–water partition coefficient (Wildman–Crippen LogP) is 2.47. The smallest absolute Gasteiger partial charge is 0.269 e. The normalized spacial score (nSPS) is 16.9. The summed E-state index contributed by atoms with van der Waals surface area (Å²) < 4.78 is 1.78. The number of amides is 1. The Morgan fingerprint density at radius 2 is 2.06 bits per heavy atom. The standard InChI is InChI=1S/C22H23N7O3.H2S/c1-26-19-12-23-20(25-21(19)28-9-3-6-18(28)22(26)30)8-7-16-11-24-27(14-16)13-15-4-2-5-17(10-15)29(31)32;/h2,4-5,10-12,14,18H,3,6-9,13H2,1H3;1H2/t18-;/m0./s1. The molecule has 0 N–H and O–H groups in total. The zero-order chi connectivity index (χ0) is 22.2. The van der Waals surface area contributed by atoms with Gasteiger partial charge in [-0.1, -0.05) is 12.1 Å². The number of nitro benzene ring substituents is 1. The summed E-state index contributed by atoms with van der Waals surface area (Å²) in [6.07, 6.45) is 8.74. The van der Waals surface area contributed by atoms with E-state index in [9.17, 15) is 14.9 Å². The average Bonchev–Trinajstić information content (AvgIpc) is 3.46. The molecule has 0 aliphatic carbocycles. The second-order valence-electron chi connectivity index (χ2n) is 8.22. The molecule has 1 aromatic carbocycles. The minimum atomic E-state index is -0.394. The molecule has 3 aromatic rings. The number of likely N-dealkylation sites (N-methyl/N-ethyl adjacent to an activating group) is 1. The quantitative estimate of drug-likeness (QED) is 0.404. The Bertz CT molecular complexity index is 1200. The fourth-order valence-electron chi connectivity index (χ4n) is 4.42. The van der Waals surface area contributed by atoms with Crippen molar-refractivity contribution in [1.29, 1.82) is 0 Å². The largest absolute Gasteiger partial charge is 0.343 e. The van der Waals surface area contributed by atoms with E-state index in [1.807, 2.05) is 12.3 Å². The average molecular weight is 468 g/mol. The molecule has 0 bridgehead atoms. The van der Waals surface area contributed by atoms with Crippen LogP contribution in [-0.4, -0.2) is 50.2 Å². The second-order valence-corrected chi connectivity index (χ2v) is 8.22. The van der Waals surface area contributed by atoms with E-state index in [1.165, 1.54) is 6.07 Å². The molecular formula is C22H25N7O3S. The number of nitrogens with zero attached hydrogens (tertiary/aromatic N) is 7. The number of anilines is 2. The molecule has 2 aromatic heterocycles. The lowest BCUT2D eigenvalue weighted by molar-refractivity contribution is -0.384. The van der Waals surface area contributed by atoms with Gasteiger partial charge in [0.25, 0.3) is 5.69 Å². The first-order valence-electron chi connectivity index (χ1n) is 10.6. The van der Waals surface area contributed by atoms with Gasteiger partial charge in [0.05, 0.1) is 23.9 Å². The fourth-order valence-corrected chi connectivity index (χ4v) is 4.42. The zero-order valence-corrected chi connectivity index (χ0v) is 19.2. The van der Waals surface area contributed by atoms with Gasteiger partial charge < -0.3 is 9.80 Å². The Morgan fingerprint density at radius 1 is 1.21 bits per heavy atom. The highest BCUT2D eigenvalue weighted by molar-refractivity contribution is 7.59. The lowest BCUT2D eigenvalue weighted by Crippen LogP contribution is -2.49. The van der Waals surface area contributed by atoms with Crippen LogP contribution in [0, 0.1) is 10.1 Å². The molecule has 5 rings (SSSR count). The van der Waals surface area contributed by atoms with Gasteiger partial charge >= 0.3 is 0 Å². The van der Waals surface area contributed by atoms with E-state index in [0.717, 1.165) is 54.3 Å². The molecule has 0 spiro atoms. The van der Waals surface area contributed by atoms with Gasteiger partial charge in [0.1, 0.15) is 17.6 Å². The summed E-state index contributed by atoms with van der Waals surface area (Å²) in [5.41, 5.74) is 2.71. The lowest BCUT2D eigenvalue weighted by Gasteiger charge is -2.36. The molecule has 2 aliphatic rings. The minimum absolute atomic E-state index is 0. The highest BCUT2D eigenvalue weighted by atomic mass is 32.1. The molecule has 1 atom stereocenters. The van der Waals surface area contributed by atoms with Crippen LogP contribution in [0.4, 0.5) is 17.2 Å². The first-order valence-corrected chi connectivity index (χ1v) is 10.6. The Labute approximate surface area is 197 Å². The van der Waals surface area contributed by atoms with Crippen LogP contribution in [0.5, 0.6) is 0 Å². The number of aromatic nitrogens is 4. The Balaban J connectivity index is 0.00000259. The maximum atomic E-state index is 12.5. The monoisotopic (exact) mass is 467 g/mol. The number of fused-ring (bicyclic) bond motifs is 3. The summed E-state index contributed by atoms with van der Waals surface area (Å²) in [5, 5.41) is 15.3. The van der Waals surface area contributed by atoms with Crippen LogP contribution >= 0.6 is 13.5 Å². The first-order chi connectivity index (χ1) is 15.5. The van der Waals surface area contributed by atoms with Crippen LogP contribution in [0.15, 0.2) is 42.9 Å². The first kappa shape index (κ1) is 22.7.